The molecular weight excluding hydrogens is 526 g/mol. The highest BCUT2D eigenvalue weighted by molar-refractivity contribution is 5.97. The molecule has 0 spiro atoms. The first-order chi connectivity index (χ1) is 19.5. The van der Waals surface area contributed by atoms with Crippen molar-refractivity contribution in [2.24, 2.45) is 18.9 Å². The molecule has 4 unspecified atom stereocenters. The van der Waals surface area contributed by atoms with Crippen LogP contribution in [0.1, 0.15) is 57.9 Å². The normalized spacial score (nSPS) is 22.9. The van der Waals surface area contributed by atoms with Crippen molar-refractivity contribution in [2.75, 3.05) is 39.5 Å². The van der Waals surface area contributed by atoms with E-state index in [9.17, 15) is 24.0 Å². The van der Waals surface area contributed by atoms with Crippen molar-refractivity contribution in [1.82, 2.24) is 14.8 Å². The molecule has 4 rings (SSSR count). The molecule has 1 aromatic heterocycles. The molecule has 3 heterocycles. The minimum absolute atomic E-state index is 0.0177. The number of hydrogen-bond donors (Lipinski definition) is 1. The molecule has 10 heteroatoms. The number of allylic oxidation sites excluding steroid dienone is 2. The zero-order chi connectivity index (χ0) is 29.6. The third kappa shape index (κ3) is 8.77. The van der Waals surface area contributed by atoms with Crippen LogP contribution in [0.15, 0.2) is 34.8 Å². The van der Waals surface area contributed by atoms with Gasteiger partial charge in [-0.15, -0.1) is 0 Å². The molecule has 1 aliphatic carbocycles. The SMILES string of the molecule is CC(CC(=O)CN1CCOCC1)C(=O)NC(Cc1ccc(=O)n(C)c1)C(=O)CC(CC1=CCCC1)C(=O)C1(C)CO1. The second kappa shape index (κ2) is 13.8. The van der Waals surface area contributed by atoms with Crippen molar-refractivity contribution < 1.29 is 28.7 Å². The van der Waals surface area contributed by atoms with E-state index in [1.165, 1.54) is 16.2 Å². The lowest BCUT2D eigenvalue weighted by Gasteiger charge is -2.26. The molecule has 2 aliphatic heterocycles. The first kappa shape index (κ1) is 31.0. The Kier molecular flexibility index (Phi) is 10.4. The van der Waals surface area contributed by atoms with Crippen LogP contribution >= 0.6 is 0 Å². The minimum atomic E-state index is -0.905. The maximum atomic E-state index is 13.8. The van der Waals surface area contributed by atoms with Gasteiger partial charge in [-0.05, 0) is 38.2 Å². The van der Waals surface area contributed by atoms with Crippen LogP contribution in [0.25, 0.3) is 0 Å². The van der Waals surface area contributed by atoms with Gasteiger partial charge in [-0.3, -0.25) is 28.9 Å². The van der Waals surface area contributed by atoms with Gasteiger partial charge in [0.1, 0.15) is 11.4 Å². The second-order valence-electron chi connectivity index (χ2n) is 12.0. The van der Waals surface area contributed by atoms with Crippen molar-refractivity contribution >= 4 is 23.3 Å². The Morgan fingerprint density at radius 3 is 2.46 bits per heavy atom. The number of nitrogens with zero attached hydrogens (tertiary/aromatic N) is 2. The van der Waals surface area contributed by atoms with Crippen molar-refractivity contribution in [3.05, 3.63) is 45.9 Å². The second-order valence-corrected chi connectivity index (χ2v) is 12.0. The van der Waals surface area contributed by atoms with Gasteiger partial charge in [-0.1, -0.05) is 24.6 Å². The summed E-state index contributed by atoms with van der Waals surface area (Å²) in [4.78, 5) is 67.0. The van der Waals surface area contributed by atoms with Crippen LogP contribution in [0.2, 0.25) is 0 Å². The van der Waals surface area contributed by atoms with Gasteiger partial charge in [0.15, 0.2) is 11.6 Å². The predicted molar refractivity (Wildman–Crippen MR) is 152 cm³/mol. The maximum Gasteiger partial charge on any atom is 0.250 e. The number of hydrogen-bond acceptors (Lipinski definition) is 8. The number of ether oxygens (including phenoxy) is 2. The van der Waals surface area contributed by atoms with Gasteiger partial charge in [0.05, 0.1) is 32.4 Å². The maximum absolute atomic E-state index is 13.8. The summed E-state index contributed by atoms with van der Waals surface area (Å²) in [6, 6.07) is 2.17. The lowest BCUT2D eigenvalue weighted by Crippen LogP contribution is -2.46. The fourth-order valence-corrected chi connectivity index (χ4v) is 5.64. The van der Waals surface area contributed by atoms with E-state index in [0.717, 1.165) is 19.3 Å². The number of carbonyl (C=O) groups excluding carboxylic acids is 4. The summed E-state index contributed by atoms with van der Waals surface area (Å²) in [6.07, 6.45) is 7.47. The van der Waals surface area contributed by atoms with Crippen LogP contribution in [-0.2, 0) is 42.1 Å². The number of ketones is 3. The molecule has 2 fully saturated rings. The lowest BCUT2D eigenvalue weighted by atomic mass is 9.83. The number of carbonyl (C=O) groups is 4. The van der Waals surface area contributed by atoms with E-state index >= 15 is 0 Å². The zero-order valence-electron chi connectivity index (χ0n) is 24.5. The molecule has 1 N–H and O–H groups in total. The van der Waals surface area contributed by atoms with E-state index in [2.05, 4.69) is 11.4 Å². The van der Waals surface area contributed by atoms with Gasteiger partial charge in [-0.2, -0.15) is 0 Å². The summed E-state index contributed by atoms with van der Waals surface area (Å²) in [5, 5.41) is 2.88. The highest BCUT2D eigenvalue weighted by Gasteiger charge is 2.50. The van der Waals surface area contributed by atoms with Crippen LogP contribution < -0.4 is 10.9 Å². The molecular formula is C31H43N3O7. The van der Waals surface area contributed by atoms with E-state index in [1.54, 1.807) is 33.2 Å². The quantitative estimate of drug-likeness (QED) is 0.250. The molecule has 1 aromatic rings. The van der Waals surface area contributed by atoms with Gasteiger partial charge >= 0.3 is 0 Å². The van der Waals surface area contributed by atoms with Gasteiger partial charge < -0.3 is 19.4 Å². The average Bonchev–Trinajstić information content (AvgIpc) is 3.48. The van der Waals surface area contributed by atoms with Crippen LogP contribution in [0, 0.1) is 11.8 Å². The van der Waals surface area contributed by atoms with Crippen molar-refractivity contribution in [1.29, 1.82) is 0 Å². The Labute approximate surface area is 241 Å². The molecule has 0 saturated carbocycles. The summed E-state index contributed by atoms with van der Waals surface area (Å²) in [6.45, 7) is 6.60. The zero-order valence-corrected chi connectivity index (χ0v) is 24.5. The molecule has 0 radical (unpaired) electrons. The lowest BCUT2D eigenvalue weighted by molar-refractivity contribution is -0.134. The fourth-order valence-electron chi connectivity index (χ4n) is 5.64. The predicted octanol–water partition coefficient (Wildman–Crippen LogP) is 1.77. The Balaban J connectivity index is 1.46. The van der Waals surface area contributed by atoms with E-state index in [-0.39, 0.29) is 54.6 Å². The molecule has 2 saturated heterocycles. The summed E-state index contributed by atoms with van der Waals surface area (Å²) >= 11 is 0. The number of morpholine rings is 1. The van der Waals surface area contributed by atoms with Crippen LogP contribution in [-0.4, -0.2) is 83.8 Å². The van der Waals surface area contributed by atoms with E-state index in [0.29, 0.717) is 44.9 Å². The number of nitrogens with one attached hydrogen (secondary N) is 1. The molecule has 41 heavy (non-hydrogen) atoms. The Morgan fingerprint density at radius 1 is 1.10 bits per heavy atom. The number of amides is 1. The van der Waals surface area contributed by atoms with Crippen LogP contribution in [0.5, 0.6) is 0 Å². The molecule has 10 nitrogen and oxygen atoms in total. The highest BCUT2D eigenvalue weighted by atomic mass is 16.6. The van der Waals surface area contributed by atoms with E-state index in [4.69, 9.17) is 9.47 Å². The average molecular weight is 570 g/mol. The number of rotatable bonds is 15. The topological polar surface area (TPSA) is 127 Å². The third-order valence-electron chi connectivity index (χ3n) is 8.34. The van der Waals surface area contributed by atoms with Crippen molar-refractivity contribution in [3.63, 3.8) is 0 Å². The molecule has 0 aromatic carbocycles. The summed E-state index contributed by atoms with van der Waals surface area (Å²) < 4.78 is 12.2. The van der Waals surface area contributed by atoms with Crippen LogP contribution in [0.3, 0.4) is 0 Å². The first-order valence-corrected chi connectivity index (χ1v) is 14.7. The number of Topliss-reactive ketones (excluding diaryl/α,β-unsaturated/α-hetero) is 3. The van der Waals surface area contributed by atoms with Gasteiger partial charge in [0, 0.05) is 63.5 Å². The van der Waals surface area contributed by atoms with Gasteiger partial charge in [0.25, 0.3) is 0 Å². The number of aryl methyl sites for hydroxylation is 1. The summed E-state index contributed by atoms with van der Waals surface area (Å²) in [5.41, 5.74) is 0.865. The van der Waals surface area contributed by atoms with Gasteiger partial charge in [0.2, 0.25) is 11.5 Å². The van der Waals surface area contributed by atoms with E-state index < -0.39 is 23.5 Å². The minimum Gasteiger partial charge on any atom is -0.379 e. The van der Waals surface area contributed by atoms with Crippen LogP contribution in [0.4, 0.5) is 0 Å². The summed E-state index contributed by atoms with van der Waals surface area (Å²) in [5.74, 6) is -1.91. The molecule has 0 bridgehead atoms. The highest BCUT2D eigenvalue weighted by Crippen LogP contribution is 2.35. The van der Waals surface area contributed by atoms with Gasteiger partial charge in [-0.25, -0.2) is 0 Å². The smallest absolute Gasteiger partial charge is 0.250 e. The van der Waals surface area contributed by atoms with Crippen molar-refractivity contribution in [3.8, 4) is 0 Å². The molecule has 1 amide bonds. The number of pyridine rings is 1. The Bertz CT molecular complexity index is 1230. The Hall–Kier alpha value is -2.95. The number of aromatic nitrogens is 1. The summed E-state index contributed by atoms with van der Waals surface area (Å²) in [7, 11) is 1.63. The van der Waals surface area contributed by atoms with Crippen molar-refractivity contribution in [2.45, 2.75) is 70.4 Å². The largest absolute Gasteiger partial charge is 0.379 e. The van der Waals surface area contributed by atoms with E-state index in [1.807, 2.05) is 4.90 Å². The monoisotopic (exact) mass is 569 g/mol. The molecule has 3 aliphatic rings. The standard InChI is InChI=1S/C31H43N3O7/c1-21(14-25(35)19-34-10-12-40-13-11-34)30(39)32-26(16-23-8-9-28(37)33(3)18-23)27(36)17-24(15-22-6-4-5-7-22)29(38)31(2)20-41-31/h6,8-9,18,21,24,26H,4-5,7,10-17,19-20H2,1-3H3,(H,32,39). The first-order valence-electron chi connectivity index (χ1n) is 14.7. The molecule has 224 valence electrons. The Morgan fingerprint density at radius 2 is 1.83 bits per heavy atom. The number of epoxide rings is 1. The molecule has 4 atom stereocenters. The third-order valence-corrected chi connectivity index (χ3v) is 8.34. The fraction of sp³-hybridized carbons (Fsp3) is 0.645.